The van der Waals surface area contributed by atoms with Crippen molar-refractivity contribution in [2.24, 2.45) is 5.73 Å². The van der Waals surface area contributed by atoms with E-state index in [1.165, 1.54) is 30.3 Å². The number of hydrogen-bond donors (Lipinski definition) is 2. The molecule has 0 fully saturated rings. The molecule has 0 spiro atoms. The number of sulfone groups is 1. The van der Waals surface area contributed by atoms with Crippen LogP contribution in [0.4, 0.5) is 8.78 Å². The molecule has 3 aromatic carbocycles. The first-order valence-electron chi connectivity index (χ1n) is 8.53. The highest BCUT2D eigenvalue weighted by Crippen LogP contribution is 2.26. The smallest absolute Gasteiger partial charge is 0.182 e. The Morgan fingerprint density at radius 3 is 2.32 bits per heavy atom. The molecule has 146 valence electrons. The Morgan fingerprint density at radius 1 is 0.964 bits per heavy atom. The quantitative estimate of drug-likeness (QED) is 0.659. The third-order valence-electron chi connectivity index (χ3n) is 4.39. The van der Waals surface area contributed by atoms with Crippen molar-refractivity contribution in [1.82, 2.24) is 0 Å². The molecule has 0 aliphatic rings. The highest BCUT2D eigenvalue weighted by molar-refractivity contribution is 7.90. The molecule has 3 aromatic rings. The normalized spacial score (nSPS) is 12.7. The van der Waals surface area contributed by atoms with E-state index in [9.17, 15) is 17.2 Å². The number of benzene rings is 3. The molecule has 0 amide bonds. The number of hydrogen-bond acceptors (Lipinski definition) is 4. The minimum Gasteiger partial charge on any atom is -0.394 e. The van der Waals surface area contributed by atoms with E-state index in [0.717, 1.165) is 12.1 Å². The minimum atomic E-state index is -3.64. The summed E-state index contributed by atoms with van der Waals surface area (Å²) >= 11 is 0. The van der Waals surface area contributed by atoms with Gasteiger partial charge in [-0.3, -0.25) is 0 Å². The van der Waals surface area contributed by atoms with Gasteiger partial charge in [0.25, 0.3) is 0 Å². The molecule has 0 aliphatic carbocycles. The van der Waals surface area contributed by atoms with Crippen LogP contribution in [0.1, 0.15) is 17.2 Å². The van der Waals surface area contributed by atoms with Crippen LogP contribution in [0.25, 0.3) is 11.1 Å². The Kier molecular flexibility index (Phi) is 5.88. The van der Waals surface area contributed by atoms with Gasteiger partial charge in [0.05, 0.1) is 23.3 Å². The van der Waals surface area contributed by atoms with Gasteiger partial charge in [-0.25, -0.2) is 17.2 Å². The van der Waals surface area contributed by atoms with E-state index in [1.807, 2.05) is 0 Å². The molecule has 3 rings (SSSR count). The largest absolute Gasteiger partial charge is 0.394 e. The molecule has 0 aliphatic heterocycles. The summed E-state index contributed by atoms with van der Waals surface area (Å²) < 4.78 is 52.4. The van der Waals surface area contributed by atoms with Crippen LogP contribution >= 0.6 is 0 Å². The highest BCUT2D eigenvalue weighted by atomic mass is 32.2. The molecule has 3 N–H and O–H groups in total. The van der Waals surface area contributed by atoms with Crippen LogP contribution in [-0.4, -0.2) is 20.1 Å². The topological polar surface area (TPSA) is 80.4 Å². The van der Waals surface area contributed by atoms with Gasteiger partial charge in [0.15, 0.2) is 9.84 Å². The van der Waals surface area contributed by atoms with Gasteiger partial charge >= 0.3 is 0 Å². The maximum absolute atomic E-state index is 13.9. The lowest BCUT2D eigenvalue weighted by Crippen LogP contribution is -2.15. The number of aliphatic hydroxyl groups is 1. The van der Waals surface area contributed by atoms with Gasteiger partial charge in [-0.05, 0) is 41.0 Å². The van der Waals surface area contributed by atoms with Crippen molar-refractivity contribution >= 4 is 9.84 Å². The lowest BCUT2D eigenvalue weighted by atomic mass is 10.1. The molecular formula is C21H19F2NO3S. The number of nitrogens with two attached hydrogens (primary N) is 1. The maximum atomic E-state index is 13.9. The van der Waals surface area contributed by atoms with E-state index in [2.05, 4.69) is 0 Å². The Bertz CT molecular complexity index is 1080. The van der Waals surface area contributed by atoms with E-state index in [0.29, 0.717) is 16.7 Å². The summed E-state index contributed by atoms with van der Waals surface area (Å²) in [6.07, 6.45) is 0. The second-order valence-electron chi connectivity index (χ2n) is 6.44. The van der Waals surface area contributed by atoms with Crippen LogP contribution in [0.2, 0.25) is 0 Å². The summed E-state index contributed by atoms with van der Waals surface area (Å²) in [7, 11) is -3.64. The summed E-state index contributed by atoms with van der Waals surface area (Å²) in [5.74, 6) is -1.63. The first-order valence-corrected chi connectivity index (χ1v) is 10.2. The Morgan fingerprint density at radius 2 is 1.68 bits per heavy atom. The van der Waals surface area contributed by atoms with Gasteiger partial charge in [-0.15, -0.1) is 0 Å². The molecule has 4 nitrogen and oxygen atoms in total. The van der Waals surface area contributed by atoms with Crippen LogP contribution in [0.15, 0.2) is 71.6 Å². The molecule has 7 heteroatoms. The SMILES string of the molecule is N[C@H](CO)c1cccc(CS(=O)(=O)c2ccc(-c3ccc(F)cc3F)cc2)c1. The summed E-state index contributed by atoms with van der Waals surface area (Å²) in [5.41, 5.74) is 7.62. The standard InChI is InChI=1S/C21H19F2NO3S/c22-17-6-9-19(20(23)11-17)15-4-7-18(8-5-15)28(26,27)13-14-2-1-3-16(10-14)21(24)12-25/h1-11,21,25H,12-13,24H2/t21-/m1/s1. The molecule has 0 saturated heterocycles. The van der Waals surface area contributed by atoms with Crippen LogP contribution in [0.3, 0.4) is 0 Å². The zero-order valence-electron chi connectivity index (χ0n) is 14.8. The zero-order valence-corrected chi connectivity index (χ0v) is 15.7. The fourth-order valence-corrected chi connectivity index (χ4v) is 4.22. The first-order chi connectivity index (χ1) is 13.3. The Balaban J connectivity index is 1.85. The first kappa shape index (κ1) is 20.1. The van der Waals surface area contributed by atoms with E-state index in [4.69, 9.17) is 10.8 Å². The van der Waals surface area contributed by atoms with Crippen LogP contribution < -0.4 is 5.73 Å². The van der Waals surface area contributed by atoms with Crippen molar-refractivity contribution in [3.63, 3.8) is 0 Å². The zero-order chi connectivity index (χ0) is 20.3. The lowest BCUT2D eigenvalue weighted by Gasteiger charge is -2.11. The summed E-state index contributed by atoms with van der Waals surface area (Å²) in [6.45, 7) is -0.238. The van der Waals surface area contributed by atoms with Crippen molar-refractivity contribution in [3.8, 4) is 11.1 Å². The van der Waals surface area contributed by atoms with Gasteiger partial charge < -0.3 is 10.8 Å². The van der Waals surface area contributed by atoms with Gasteiger partial charge in [0, 0.05) is 11.6 Å². The second kappa shape index (κ2) is 8.18. The van der Waals surface area contributed by atoms with Crippen molar-refractivity contribution in [1.29, 1.82) is 0 Å². The summed E-state index contributed by atoms with van der Waals surface area (Å²) in [4.78, 5) is 0.0932. The molecule has 0 bridgehead atoms. The van der Waals surface area contributed by atoms with E-state index in [1.54, 1.807) is 24.3 Å². The van der Waals surface area contributed by atoms with Crippen molar-refractivity contribution in [2.75, 3.05) is 6.61 Å². The highest BCUT2D eigenvalue weighted by Gasteiger charge is 2.17. The van der Waals surface area contributed by atoms with Crippen molar-refractivity contribution in [3.05, 3.63) is 89.5 Å². The fourth-order valence-electron chi connectivity index (χ4n) is 2.89. The number of rotatable bonds is 6. The molecule has 0 saturated carbocycles. The van der Waals surface area contributed by atoms with Crippen LogP contribution in [-0.2, 0) is 15.6 Å². The minimum absolute atomic E-state index is 0.0932. The predicted molar refractivity (Wildman–Crippen MR) is 103 cm³/mol. The maximum Gasteiger partial charge on any atom is 0.182 e. The lowest BCUT2D eigenvalue weighted by molar-refractivity contribution is 0.268. The molecule has 1 atom stereocenters. The van der Waals surface area contributed by atoms with Crippen LogP contribution in [0, 0.1) is 11.6 Å². The molecular weight excluding hydrogens is 384 g/mol. The Hall–Kier alpha value is -2.61. The van der Waals surface area contributed by atoms with E-state index in [-0.39, 0.29) is 22.8 Å². The predicted octanol–water partition coefficient (Wildman–Crippen LogP) is 3.60. The average molecular weight is 403 g/mol. The van der Waals surface area contributed by atoms with Crippen molar-refractivity contribution in [2.45, 2.75) is 16.7 Å². The number of aliphatic hydroxyl groups excluding tert-OH is 1. The fraction of sp³-hybridized carbons (Fsp3) is 0.143. The van der Waals surface area contributed by atoms with E-state index >= 15 is 0 Å². The van der Waals surface area contributed by atoms with Gasteiger partial charge in [0.2, 0.25) is 0 Å². The van der Waals surface area contributed by atoms with Gasteiger partial charge in [0.1, 0.15) is 11.6 Å². The molecule has 0 aromatic heterocycles. The van der Waals surface area contributed by atoms with Crippen molar-refractivity contribution < 1.29 is 22.3 Å². The molecule has 28 heavy (non-hydrogen) atoms. The van der Waals surface area contributed by atoms with Gasteiger partial charge in [-0.1, -0.05) is 36.4 Å². The van der Waals surface area contributed by atoms with Crippen LogP contribution in [0.5, 0.6) is 0 Å². The number of halogens is 2. The third kappa shape index (κ3) is 4.44. The van der Waals surface area contributed by atoms with E-state index < -0.39 is 27.5 Å². The average Bonchev–Trinajstić information content (AvgIpc) is 2.67. The third-order valence-corrected chi connectivity index (χ3v) is 6.09. The Labute approximate surface area is 162 Å². The summed E-state index contributed by atoms with van der Waals surface area (Å²) in [6, 6.07) is 15.2. The summed E-state index contributed by atoms with van der Waals surface area (Å²) in [5, 5.41) is 9.15. The monoisotopic (exact) mass is 403 g/mol. The molecule has 0 unspecified atom stereocenters. The molecule has 0 heterocycles. The second-order valence-corrected chi connectivity index (χ2v) is 8.43. The van der Waals surface area contributed by atoms with Gasteiger partial charge in [-0.2, -0.15) is 0 Å². The molecule has 0 radical (unpaired) electrons.